The van der Waals surface area contributed by atoms with Crippen molar-refractivity contribution >= 4 is 39.2 Å². The number of ether oxygens (including phenoxy) is 2. The van der Waals surface area contributed by atoms with Gasteiger partial charge in [0, 0.05) is 28.3 Å². The Bertz CT molecular complexity index is 1470. The third-order valence-corrected chi connectivity index (χ3v) is 9.31. The number of hydrogen-bond acceptors (Lipinski definition) is 7. The van der Waals surface area contributed by atoms with Gasteiger partial charge in [0.15, 0.2) is 5.82 Å². The van der Waals surface area contributed by atoms with Crippen molar-refractivity contribution in [3.8, 4) is 17.1 Å². The van der Waals surface area contributed by atoms with Crippen molar-refractivity contribution in [1.29, 1.82) is 0 Å². The Kier molecular flexibility index (Phi) is 9.63. The van der Waals surface area contributed by atoms with Crippen LogP contribution in [0.3, 0.4) is 0 Å². The van der Waals surface area contributed by atoms with E-state index < -0.39 is 0 Å². The van der Waals surface area contributed by atoms with Gasteiger partial charge in [-0.3, -0.25) is 4.79 Å². The standard InChI is InChI=1S/C33H39N3O3S2/c1-5-6-18-38-25-16-14-24(15-17-25)30-35-31(29-26-19-33(3,4)39-20-27(26)41-32(29)36-30)40-21-28(37)34-22(2)12-13-23-10-8-7-9-11-23/h7-11,14-17,22H,5-6,12-13,18-21H2,1-4H3,(H,34,37)/t22-/m0/s1. The van der Waals surface area contributed by atoms with Gasteiger partial charge in [-0.05, 0) is 75.4 Å². The second kappa shape index (κ2) is 13.4. The quantitative estimate of drug-likeness (QED) is 0.104. The fourth-order valence-corrected chi connectivity index (χ4v) is 6.96. The molecule has 216 valence electrons. The average Bonchev–Trinajstić information content (AvgIpc) is 3.32. The van der Waals surface area contributed by atoms with Crippen LogP contribution in [0, 0.1) is 0 Å². The van der Waals surface area contributed by atoms with Crippen molar-refractivity contribution in [1.82, 2.24) is 15.3 Å². The number of rotatable bonds is 12. The molecule has 0 saturated carbocycles. The summed E-state index contributed by atoms with van der Waals surface area (Å²) in [5, 5.41) is 5.10. The lowest BCUT2D eigenvalue weighted by Gasteiger charge is -2.30. The van der Waals surface area contributed by atoms with Gasteiger partial charge >= 0.3 is 0 Å². The predicted molar refractivity (Wildman–Crippen MR) is 169 cm³/mol. The molecule has 1 aliphatic heterocycles. The zero-order valence-electron chi connectivity index (χ0n) is 24.4. The second-order valence-electron chi connectivity index (χ2n) is 11.3. The first-order chi connectivity index (χ1) is 19.8. The highest BCUT2D eigenvalue weighted by molar-refractivity contribution is 8.00. The number of unbranched alkanes of at least 4 members (excludes halogenated alkanes) is 1. The molecule has 0 fully saturated rings. The molecule has 2 aromatic heterocycles. The zero-order chi connectivity index (χ0) is 28.8. The molecule has 1 N–H and O–H groups in total. The normalized spacial score (nSPS) is 14.9. The molecule has 1 amide bonds. The number of thiophene rings is 1. The van der Waals surface area contributed by atoms with Gasteiger partial charge in [0.25, 0.3) is 0 Å². The number of aromatic nitrogens is 2. The average molecular weight is 590 g/mol. The monoisotopic (exact) mass is 589 g/mol. The van der Waals surface area contributed by atoms with Crippen LogP contribution in [-0.4, -0.2) is 39.9 Å². The number of nitrogens with zero attached hydrogens (tertiary/aromatic N) is 2. The lowest BCUT2D eigenvalue weighted by molar-refractivity contribution is -0.119. The highest BCUT2D eigenvalue weighted by atomic mass is 32.2. The summed E-state index contributed by atoms with van der Waals surface area (Å²) in [4.78, 5) is 25.2. The van der Waals surface area contributed by atoms with Crippen LogP contribution in [0.15, 0.2) is 59.6 Å². The molecule has 1 aliphatic rings. The molecule has 6 nitrogen and oxygen atoms in total. The molecular weight excluding hydrogens is 551 g/mol. The van der Waals surface area contributed by atoms with Crippen LogP contribution in [0.5, 0.6) is 5.75 Å². The van der Waals surface area contributed by atoms with Crippen molar-refractivity contribution in [3.05, 3.63) is 70.6 Å². The van der Waals surface area contributed by atoms with Gasteiger partial charge in [0.05, 0.1) is 24.6 Å². The highest BCUT2D eigenvalue weighted by Crippen LogP contribution is 2.42. The van der Waals surface area contributed by atoms with Gasteiger partial charge in [-0.25, -0.2) is 9.97 Å². The Morgan fingerprint density at radius 1 is 1.15 bits per heavy atom. The van der Waals surface area contributed by atoms with Crippen LogP contribution >= 0.6 is 23.1 Å². The number of benzene rings is 2. The maximum absolute atomic E-state index is 13.0. The molecule has 0 bridgehead atoms. The summed E-state index contributed by atoms with van der Waals surface area (Å²) in [5.41, 5.74) is 3.22. The molecule has 0 unspecified atom stereocenters. The Labute approximate surface area is 251 Å². The summed E-state index contributed by atoms with van der Waals surface area (Å²) < 4.78 is 11.9. The lowest BCUT2D eigenvalue weighted by Crippen LogP contribution is -2.34. The van der Waals surface area contributed by atoms with E-state index in [1.807, 2.05) is 30.3 Å². The third-order valence-electron chi connectivity index (χ3n) is 7.23. The summed E-state index contributed by atoms with van der Waals surface area (Å²) >= 11 is 3.17. The molecule has 1 atom stereocenters. The minimum atomic E-state index is -0.249. The van der Waals surface area contributed by atoms with Crippen LogP contribution in [0.1, 0.15) is 63.0 Å². The van der Waals surface area contributed by atoms with Crippen LogP contribution in [0.2, 0.25) is 0 Å². The minimum absolute atomic E-state index is 0.0187. The molecule has 8 heteroatoms. The van der Waals surface area contributed by atoms with Gasteiger partial charge in [-0.15, -0.1) is 11.3 Å². The van der Waals surface area contributed by atoms with Gasteiger partial charge in [-0.1, -0.05) is 55.4 Å². The third kappa shape index (κ3) is 7.67. The maximum atomic E-state index is 13.0. The molecule has 0 saturated heterocycles. The summed E-state index contributed by atoms with van der Waals surface area (Å²) in [6, 6.07) is 18.5. The number of hydrogen-bond donors (Lipinski definition) is 1. The highest BCUT2D eigenvalue weighted by Gasteiger charge is 2.31. The fourth-order valence-electron chi connectivity index (χ4n) is 4.93. The summed E-state index contributed by atoms with van der Waals surface area (Å²) in [6.07, 6.45) is 4.76. The minimum Gasteiger partial charge on any atom is -0.494 e. The van der Waals surface area contributed by atoms with Gasteiger partial charge in [0.2, 0.25) is 5.91 Å². The zero-order valence-corrected chi connectivity index (χ0v) is 26.0. The molecule has 3 heterocycles. The van der Waals surface area contributed by atoms with Gasteiger partial charge in [0.1, 0.15) is 15.6 Å². The van der Waals surface area contributed by atoms with E-state index in [0.717, 1.165) is 58.7 Å². The van der Waals surface area contributed by atoms with Crippen LogP contribution in [-0.2, 0) is 29.0 Å². The lowest BCUT2D eigenvalue weighted by atomic mass is 9.94. The van der Waals surface area contributed by atoms with Crippen molar-refractivity contribution in [2.75, 3.05) is 12.4 Å². The van der Waals surface area contributed by atoms with Crippen molar-refractivity contribution < 1.29 is 14.3 Å². The van der Waals surface area contributed by atoms with E-state index in [-0.39, 0.29) is 17.6 Å². The van der Waals surface area contributed by atoms with E-state index in [4.69, 9.17) is 19.4 Å². The topological polar surface area (TPSA) is 73.3 Å². The molecule has 5 rings (SSSR count). The number of carbonyl (C=O) groups excluding carboxylic acids is 1. The number of thioether (sulfide) groups is 1. The first-order valence-electron chi connectivity index (χ1n) is 14.5. The molecule has 0 spiro atoms. The van der Waals surface area contributed by atoms with E-state index >= 15 is 0 Å². The van der Waals surface area contributed by atoms with E-state index in [1.54, 1.807) is 11.3 Å². The van der Waals surface area contributed by atoms with Crippen LogP contribution in [0.25, 0.3) is 21.6 Å². The van der Waals surface area contributed by atoms with Gasteiger partial charge in [-0.2, -0.15) is 0 Å². The van der Waals surface area contributed by atoms with Crippen molar-refractivity contribution in [3.63, 3.8) is 0 Å². The summed E-state index contributed by atoms with van der Waals surface area (Å²) in [5.74, 6) is 1.83. The van der Waals surface area contributed by atoms with Crippen LogP contribution < -0.4 is 10.1 Å². The molecule has 2 aromatic carbocycles. The Balaban J connectivity index is 1.35. The van der Waals surface area contributed by atoms with E-state index in [2.05, 4.69) is 57.3 Å². The van der Waals surface area contributed by atoms with Crippen LogP contribution in [0.4, 0.5) is 0 Å². The number of amides is 1. The summed E-state index contributed by atoms with van der Waals surface area (Å²) in [7, 11) is 0. The Morgan fingerprint density at radius 3 is 2.68 bits per heavy atom. The van der Waals surface area contributed by atoms with E-state index in [9.17, 15) is 4.79 Å². The predicted octanol–water partition coefficient (Wildman–Crippen LogP) is 7.62. The molecular formula is C33H39N3O3S2. The number of carbonyl (C=O) groups is 1. The van der Waals surface area contributed by atoms with Crippen molar-refractivity contribution in [2.24, 2.45) is 0 Å². The fraction of sp³-hybridized carbons (Fsp3) is 0.424. The Morgan fingerprint density at radius 2 is 1.93 bits per heavy atom. The molecule has 0 radical (unpaired) electrons. The van der Waals surface area contributed by atoms with E-state index in [1.165, 1.54) is 27.8 Å². The Hall–Kier alpha value is -2.94. The second-order valence-corrected chi connectivity index (χ2v) is 13.3. The molecule has 4 aromatic rings. The molecule has 41 heavy (non-hydrogen) atoms. The first-order valence-corrected chi connectivity index (χ1v) is 16.3. The summed E-state index contributed by atoms with van der Waals surface area (Å²) in [6.45, 7) is 9.75. The largest absolute Gasteiger partial charge is 0.494 e. The first kappa shape index (κ1) is 29.5. The smallest absolute Gasteiger partial charge is 0.230 e. The molecule has 0 aliphatic carbocycles. The van der Waals surface area contributed by atoms with Gasteiger partial charge < -0.3 is 14.8 Å². The van der Waals surface area contributed by atoms with E-state index in [0.29, 0.717) is 24.8 Å². The SMILES string of the molecule is CCCCOc1ccc(-c2nc(SCC(=O)N[C@@H](C)CCc3ccccc3)c3c4c(sc3n2)COC(C)(C)C4)cc1. The van der Waals surface area contributed by atoms with Crippen molar-refractivity contribution in [2.45, 2.75) is 83.1 Å². The number of fused-ring (bicyclic) bond motifs is 3. The maximum Gasteiger partial charge on any atom is 0.230 e. The number of aryl methyl sites for hydroxylation is 1. The number of nitrogens with one attached hydrogen (secondary N) is 1.